The minimum atomic E-state index is -0.0290. The molecule has 1 amide bonds. The van der Waals surface area contributed by atoms with E-state index in [9.17, 15) is 4.79 Å². The van der Waals surface area contributed by atoms with E-state index < -0.39 is 0 Å². The second-order valence-electron chi connectivity index (χ2n) is 7.72. The Balaban J connectivity index is 1.51. The fourth-order valence-corrected chi connectivity index (χ4v) is 4.03. The van der Waals surface area contributed by atoms with E-state index in [-0.39, 0.29) is 24.7 Å². The molecule has 2 unspecified atom stereocenters. The molecule has 0 saturated carbocycles. The summed E-state index contributed by atoms with van der Waals surface area (Å²) in [6.07, 6.45) is 0.482. The number of ether oxygens (including phenoxy) is 2. The van der Waals surface area contributed by atoms with Crippen molar-refractivity contribution in [1.29, 1.82) is 0 Å². The molecule has 2 atom stereocenters. The molecule has 1 N–H and O–H groups in total. The third-order valence-corrected chi connectivity index (χ3v) is 5.27. The maximum atomic E-state index is 11.9. The zero-order chi connectivity index (χ0) is 19.8. The van der Waals surface area contributed by atoms with Crippen LogP contribution in [0, 0.1) is 6.92 Å². The monoisotopic (exact) mass is 381 g/mol. The maximum absolute atomic E-state index is 11.9. The standard InChI is InChI=1S/C22H27N3O3/c1-14-9-18(10-20-22(14)24(4)21(26)13-27-20)23-17-5-7-19(8-6-17)25-11-15(2)28-16(3)12-25/h5-10,15-16,23H,11-13H2,1-4H3. The summed E-state index contributed by atoms with van der Waals surface area (Å²) >= 11 is 0. The van der Waals surface area contributed by atoms with Gasteiger partial charge >= 0.3 is 0 Å². The molecule has 4 rings (SSSR count). The summed E-state index contributed by atoms with van der Waals surface area (Å²) in [4.78, 5) is 15.9. The van der Waals surface area contributed by atoms with E-state index in [1.165, 1.54) is 5.69 Å². The van der Waals surface area contributed by atoms with E-state index in [2.05, 4.69) is 48.3 Å². The summed E-state index contributed by atoms with van der Waals surface area (Å²) in [5.74, 6) is 0.705. The van der Waals surface area contributed by atoms with Gasteiger partial charge < -0.3 is 24.6 Å². The van der Waals surface area contributed by atoms with Crippen LogP contribution < -0.4 is 19.9 Å². The van der Waals surface area contributed by atoms with E-state index in [4.69, 9.17) is 9.47 Å². The van der Waals surface area contributed by atoms with Crippen LogP contribution in [0.25, 0.3) is 0 Å². The van der Waals surface area contributed by atoms with E-state index in [0.29, 0.717) is 0 Å². The van der Waals surface area contributed by atoms with Gasteiger partial charge in [0.1, 0.15) is 5.75 Å². The van der Waals surface area contributed by atoms with Gasteiger partial charge in [0.25, 0.3) is 5.91 Å². The van der Waals surface area contributed by atoms with E-state index in [0.717, 1.165) is 41.5 Å². The smallest absolute Gasteiger partial charge is 0.264 e. The van der Waals surface area contributed by atoms with Crippen molar-refractivity contribution >= 4 is 28.7 Å². The van der Waals surface area contributed by atoms with Crippen molar-refractivity contribution in [2.75, 3.05) is 41.9 Å². The number of hydrogen-bond acceptors (Lipinski definition) is 5. The number of fused-ring (bicyclic) bond motifs is 1. The fourth-order valence-electron chi connectivity index (χ4n) is 4.03. The quantitative estimate of drug-likeness (QED) is 0.878. The van der Waals surface area contributed by atoms with Crippen LogP contribution in [0.5, 0.6) is 5.75 Å². The topological polar surface area (TPSA) is 54.0 Å². The molecule has 0 bridgehead atoms. The average molecular weight is 381 g/mol. The van der Waals surface area contributed by atoms with Crippen molar-refractivity contribution in [2.45, 2.75) is 33.0 Å². The highest BCUT2D eigenvalue weighted by molar-refractivity contribution is 5.98. The molecule has 148 valence electrons. The van der Waals surface area contributed by atoms with Gasteiger partial charge in [-0.25, -0.2) is 0 Å². The second-order valence-corrected chi connectivity index (χ2v) is 7.72. The Morgan fingerprint density at radius 2 is 1.71 bits per heavy atom. The fraction of sp³-hybridized carbons (Fsp3) is 0.409. The van der Waals surface area contributed by atoms with Gasteiger partial charge in [-0.15, -0.1) is 0 Å². The molecule has 6 nitrogen and oxygen atoms in total. The largest absolute Gasteiger partial charge is 0.481 e. The Labute approximate surface area is 166 Å². The third-order valence-electron chi connectivity index (χ3n) is 5.27. The first-order valence-corrected chi connectivity index (χ1v) is 9.72. The summed E-state index contributed by atoms with van der Waals surface area (Å²) in [6.45, 7) is 8.12. The van der Waals surface area contributed by atoms with Gasteiger partial charge in [-0.05, 0) is 56.7 Å². The Morgan fingerprint density at radius 3 is 2.39 bits per heavy atom. The second kappa shape index (κ2) is 7.36. The number of carbonyl (C=O) groups excluding carboxylic acids is 1. The SMILES string of the molecule is Cc1cc(Nc2ccc(N3CC(C)OC(C)C3)cc2)cc2c1N(C)C(=O)CO2. The van der Waals surface area contributed by atoms with Gasteiger partial charge in [0.2, 0.25) is 0 Å². The predicted octanol–water partition coefficient (Wildman–Crippen LogP) is 3.71. The number of benzene rings is 2. The van der Waals surface area contributed by atoms with Gasteiger partial charge in [-0.3, -0.25) is 4.79 Å². The molecular formula is C22H27N3O3. The zero-order valence-electron chi connectivity index (χ0n) is 16.9. The van der Waals surface area contributed by atoms with Crippen LogP contribution in [0.2, 0.25) is 0 Å². The van der Waals surface area contributed by atoms with E-state index >= 15 is 0 Å². The number of aryl methyl sites for hydroxylation is 1. The van der Waals surface area contributed by atoms with Crippen LogP contribution in [0.15, 0.2) is 36.4 Å². The first-order valence-electron chi connectivity index (χ1n) is 9.72. The molecule has 0 aromatic heterocycles. The van der Waals surface area contributed by atoms with Crippen molar-refractivity contribution in [3.8, 4) is 5.75 Å². The highest BCUT2D eigenvalue weighted by atomic mass is 16.5. The highest BCUT2D eigenvalue weighted by Gasteiger charge is 2.25. The van der Waals surface area contributed by atoms with Crippen molar-refractivity contribution in [3.05, 3.63) is 42.0 Å². The first kappa shape index (κ1) is 18.6. The number of amides is 1. The number of likely N-dealkylation sites (N-methyl/N-ethyl adjacent to an activating group) is 1. The Hall–Kier alpha value is -2.73. The normalized spacial score (nSPS) is 21.9. The molecule has 2 aliphatic rings. The molecule has 0 spiro atoms. The summed E-state index contributed by atoms with van der Waals surface area (Å²) in [5.41, 5.74) is 5.01. The summed E-state index contributed by atoms with van der Waals surface area (Å²) in [6, 6.07) is 12.4. The predicted molar refractivity (Wildman–Crippen MR) is 112 cm³/mol. The van der Waals surface area contributed by atoms with Gasteiger partial charge in [-0.2, -0.15) is 0 Å². The molecule has 2 heterocycles. The molecule has 1 saturated heterocycles. The van der Waals surface area contributed by atoms with Crippen LogP contribution in [0.1, 0.15) is 19.4 Å². The van der Waals surface area contributed by atoms with E-state index in [1.807, 2.05) is 19.1 Å². The van der Waals surface area contributed by atoms with Crippen molar-refractivity contribution in [1.82, 2.24) is 0 Å². The van der Waals surface area contributed by atoms with Gasteiger partial charge in [0.15, 0.2) is 6.61 Å². The number of nitrogens with zero attached hydrogens (tertiary/aromatic N) is 2. The molecule has 1 fully saturated rings. The highest BCUT2D eigenvalue weighted by Crippen LogP contribution is 2.38. The molecule has 2 aromatic rings. The maximum Gasteiger partial charge on any atom is 0.264 e. The lowest BCUT2D eigenvalue weighted by Gasteiger charge is -2.36. The third kappa shape index (κ3) is 3.64. The van der Waals surface area contributed by atoms with Crippen LogP contribution in [-0.2, 0) is 9.53 Å². The van der Waals surface area contributed by atoms with Crippen LogP contribution >= 0.6 is 0 Å². The van der Waals surface area contributed by atoms with Crippen LogP contribution in [-0.4, -0.2) is 44.9 Å². The average Bonchev–Trinajstić information content (AvgIpc) is 2.64. The Morgan fingerprint density at radius 1 is 1.04 bits per heavy atom. The lowest BCUT2D eigenvalue weighted by molar-refractivity contribution is -0.121. The Kier molecular flexibility index (Phi) is 4.89. The number of anilines is 4. The summed E-state index contributed by atoms with van der Waals surface area (Å²) in [7, 11) is 1.79. The van der Waals surface area contributed by atoms with Crippen LogP contribution in [0.4, 0.5) is 22.7 Å². The number of rotatable bonds is 3. The minimum absolute atomic E-state index is 0.0290. The molecule has 0 aliphatic carbocycles. The number of nitrogens with one attached hydrogen (secondary N) is 1. The van der Waals surface area contributed by atoms with Crippen molar-refractivity contribution in [3.63, 3.8) is 0 Å². The van der Waals surface area contributed by atoms with Crippen molar-refractivity contribution < 1.29 is 14.3 Å². The first-order chi connectivity index (χ1) is 13.4. The lowest BCUT2D eigenvalue weighted by atomic mass is 10.1. The van der Waals surface area contributed by atoms with Gasteiger partial charge in [0.05, 0.1) is 17.9 Å². The summed E-state index contributed by atoms with van der Waals surface area (Å²) < 4.78 is 11.5. The molecule has 0 radical (unpaired) electrons. The minimum Gasteiger partial charge on any atom is -0.481 e. The van der Waals surface area contributed by atoms with E-state index in [1.54, 1.807) is 11.9 Å². The van der Waals surface area contributed by atoms with Gasteiger partial charge in [0, 0.05) is 43.3 Å². The molecule has 2 aliphatic heterocycles. The van der Waals surface area contributed by atoms with Gasteiger partial charge in [-0.1, -0.05) is 0 Å². The molecule has 28 heavy (non-hydrogen) atoms. The Bertz CT molecular complexity index is 871. The number of morpholine rings is 1. The molecule has 6 heteroatoms. The number of carbonyl (C=O) groups is 1. The molecule has 2 aromatic carbocycles. The van der Waals surface area contributed by atoms with Crippen LogP contribution in [0.3, 0.4) is 0 Å². The summed E-state index contributed by atoms with van der Waals surface area (Å²) in [5, 5.41) is 3.44. The zero-order valence-corrected chi connectivity index (χ0v) is 16.9. The van der Waals surface area contributed by atoms with Crippen molar-refractivity contribution in [2.24, 2.45) is 0 Å². The lowest BCUT2D eigenvalue weighted by Crippen LogP contribution is -2.45. The molecular weight excluding hydrogens is 354 g/mol. The number of hydrogen-bond donors (Lipinski definition) is 1.